The van der Waals surface area contributed by atoms with Crippen molar-refractivity contribution in [2.75, 3.05) is 7.11 Å². The fourth-order valence-corrected chi connectivity index (χ4v) is 2.90. The van der Waals surface area contributed by atoms with Crippen molar-refractivity contribution in [3.05, 3.63) is 65.7 Å². The van der Waals surface area contributed by atoms with Crippen molar-refractivity contribution in [2.24, 2.45) is 11.8 Å². The van der Waals surface area contributed by atoms with Crippen LogP contribution >= 0.6 is 0 Å². The molecule has 2 aromatic rings. The Morgan fingerprint density at radius 1 is 1.08 bits per heavy atom. The number of nitrogens with one attached hydrogen (secondary N) is 1. The highest BCUT2D eigenvalue weighted by molar-refractivity contribution is 5.89. The first-order valence-corrected chi connectivity index (χ1v) is 7.83. The maximum absolute atomic E-state index is 12.5. The molecule has 3 atom stereocenters. The van der Waals surface area contributed by atoms with E-state index in [1.165, 1.54) is 0 Å². The minimum atomic E-state index is -0.913. The monoisotopic (exact) mass is 325 g/mol. The Morgan fingerprint density at radius 2 is 1.75 bits per heavy atom. The molecule has 0 saturated heterocycles. The number of amides is 1. The zero-order valence-corrected chi connectivity index (χ0v) is 13.3. The van der Waals surface area contributed by atoms with Crippen LogP contribution in [0.5, 0.6) is 5.75 Å². The summed E-state index contributed by atoms with van der Waals surface area (Å²) in [5.41, 5.74) is 1.76. The number of carboxylic acids is 1. The van der Waals surface area contributed by atoms with E-state index >= 15 is 0 Å². The molecule has 0 spiro atoms. The lowest BCUT2D eigenvalue weighted by Gasteiger charge is -2.22. The van der Waals surface area contributed by atoms with Gasteiger partial charge in [0, 0.05) is 5.56 Å². The number of hydrogen-bond acceptors (Lipinski definition) is 3. The molecule has 124 valence electrons. The molecule has 5 heteroatoms. The summed E-state index contributed by atoms with van der Waals surface area (Å²) >= 11 is 0. The number of hydrogen-bond donors (Lipinski definition) is 2. The minimum Gasteiger partial charge on any atom is -0.496 e. The fourth-order valence-electron chi connectivity index (χ4n) is 2.90. The van der Waals surface area contributed by atoms with Gasteiger partial charge in [0.2, 0.25) is 5.91 Å². The van der Waals surface area contributed by atoms with E-state index in [0.29, 0.717) is 12.2 Å². The van der Waals surface area contributed by atoms with E-state index in [9.17, 15) is 9.59 Å². The zero-order valence-electron chi connectivity index (χ0n) is 13.3. The highest BCUT2D eigenvalue weighted by Crippen LogP contribution is 2.40. The van der Waals surface area contributed by atoms with Gasteiger partial charge in [-0.2, -0.15) is 0 Å². The summed E-state index contributed by atoms with van der Waals surface area (Å²) in [6, 6.07) is 16.7. The standard InChI is InChI=1S/C19H19NO4/c1-24-16-10-6-5-9-13(16)17(12-7-3-2-4-8-12)20-18(21)14-11-15(14)19(22)23/h2-10,14-15,17H,11H2,1H3,(H,20,21)(H,22,23). The van der Waals surface area contributed by atoms with E-state index in [0.717, 1.165) is 11.1 Å². The number of aliphatic carboxylic acids is 1. The van der Waals surface area contributed by atoms with Crippen molar-refractivity contribution < 1.29 is 19.4 Å². The highest BCUT2D eigenvalue weighted by atomic mass is 16.5. The molecule has 3 unspecified atom stereocenters. The number of benzene rings is 2. The van der Waals surface area contributed by atoms with Gasteiger partial charge in [0.05, 0.1) is 25.0 Å². The first-order chi connectivity index (χ1) is 11.6. The number of carbonyl (C=O) groups excluding carboxylic acids is 1. The summed E-state index contributed by atoms with van der Waals surface area (Å²) in [6.45, 7) is 0. The van der Waals surface area contributed by atoms with Gasteiger partial charge in [-0.1, -0.05) is 48.5 Å². The van der Waals surface area contributed by atoms with Crippen LogP contribution in [0.15, 0.2) is 54.6 Å². The molecule has 3 rings (SSSR count). The number of methoxy groups -OCH3 is 1. The van der Waals surface area contributed by atoms with Crippen LogP contribution in [0.3, 0.4) is 0 Å². The molecule has 2 aromatic carbocycles. The summed E-state index contributed by atoms with van der Waals surface area (Å²) in [4.78, 5) is 23.5. The van der Waals surface area contributed by atoms with Crippen LogP contribution in [0.1, 0.15) is 23.6 Å². The van der Waals surface area contributed by atoms with Gasteiger partial charge in [-0.3, -0.25) is 9.59 Å². The van der Waals surface area contributed by atoms with Crippen LogP contribution in [0.4, 0.5) is 0 Å². The Hall–Kier alpha value is -2.82. The van der Waals surface area contributed by atoms with E-state index < -0.39 is 17.8 Å². The maximum atomic E-state index is 12.5. The topological polar surface area (TPSA) is 75.6 Å². The molecule has 0 aromatic heterocycles. The Morgan fingerprint density at radius 3 is 2.38 bits per heavy atom. The summed E-state index contributed by atoms with van der Waals surface area (Å²) in [7, 11) is 1.59. The second-order valence-corrected chi connectivity index (χ2v) is 5.88. The molecule has 24 heavy (non-hydrogen) atoms. The minimum absolute atomic E-state index is 0.234. The third-order valence-corrected chi connectivity index (χ3v) is 4.31. The van der Waals surface area contributed by atoms with Crippen LogP contribution in [-0.4, -0.2) is 24.1 Å². The zero-order chi connectivity index (χ0) is 17.1. The largest absolute Gasteiger partial charge is 0.496 e. The van der Waals surface area contributed by atoms with Crippen molar-refractivity contribution in [3.63, 3.8) is 0 Å². The first kappa shape index (κ1) is 16.1. The maximum Gasteiger partial charge on any atom is 0.307 e. The summed E-state index contributed by atoms with van der Waals surface area (Å²) in [5.74, 6) is -1.49. The number of ether oxygens (including phenoxy) is 1. The van der Waals surface area contributed by atoms with Gasteiger partial charge in [0.15, 0.2) is 0 Å². The molecule has 1 amide bonds. The van der Waals surface area contributed by atoms with Gasteiger partial charge in [-0.15, -0.1) is 0 Å². The fraction of sp³-hybridized carbons (Fsp3) is 0.263. The quantitative estimate of drug-likeness (QED) is 0.856. The van der Waals surface area contributed by atoms with Gasteiger partial charge in [0.25, 0.3) is 0 Å². The van der Waals surface area contributed by atoms with Gasteiger partial charge < -0.3 is 15.2 Å². The molecular formula is C19H19NO4. The van der Waals surface area contributed by atoms with E-state index in [-0.39, 0.29) is 11.9 Å². The van der Waals surface area contributed by atoms with Crippen molar-refractivity contribution in [3.8, 4) is 5.75 Å². The second kappa shape index (κ2) is 6.74. The van der Waals surface area contributed by atoms with E-state index in [2.05, 4.69) is 5.32 Å². The molecule has 0 heterocycles. The van der Waals surface area contributed by atoms with Crippen molar-refractivity contribution in [1.29, 1.82) is 0 Å². The van der Waals surface area contributed by atoms with E-state index in [1.54, 1.807) is 7.11 Å². The number of carboxylic acid groups (broad SMARTS) is 1. The molecule has 0 radical (unpaired) electrons. The average molecular weight is 325 g/mol. The predicted octanol–water partition coefficient (Wildman–Crippen LogP) is 2.62. The molecule has 5 nitrogen and oxygen atoms in total. The summed E-state index contributed by atoms with van der Waals surface area (Å²) in [5, 5.41) is 12.0. The number of carbonyl (C=O) groups is 2. The van der Waals surface area contributed by atoms with E-state index in [1.807, 2.05) is 54.6 Å². The Bertz CT molecular complexity index is 744. The molecule has 1 saturated carbocycles. The first-order valence-electron chi connectivity index (χ1n) is 7.83. The Labute approximate surface area is 140 Å². The number of para-hydroxylation sites is 1. The molecule has 1 fully saturated rings. The van der Waals surface area contributed by atoms with Crippen LogP contribution < -0.4 is 10.1 Å². The van der Waals surface area contributed by atoms with Crippen molar-refractivity contribution in [1.82, 2.24) is 5.32 Å². The van der Waals surface area contributed by atoms with Gasteiger partial charge in [-0.25, -0.2) is 0 Å². The highest BCUT2D eigenvalue weighted by Gasteiger charge is 2.48. The third kappa shape index (κ3) is 3.25. The van der Waals surface area contributed by atoms with Gasteiger partial charge in [0.1, 0.15) is 5.75 Å². The van der Waals surface area contributed by atoms with Gasteiger partial charge >= 0.3 is 5.97 Å². The second-order valence-electron chi connectivity index (χ2n) is 5.88. The molecule has 1 aliphatic rings. The molecule has 0 bridgehead atoms. The molecule has 2 N–H and O–H groups in total. The van der Waals surface area contributed by atoms with Crippen molar-refractivity contribution >= 4 is 11.9 Å². The van der Waals surface area contributed by atoms with Crippen LogP contribution in [0.2, 0.25) is 0 Å². The Kier molecular flexibility index (Phi) is 4.51. The SMILES string of the molecule is COc1ccccc1C(NC(=O)C1CC1C(=O)O)c1ccccc1. The lowest BCUT2D eigenvalue weighted by atomic mass is 9.97. The lowest BCUT2D eigenvalue weighted by Crippen LogP contribution is -2.31. The van der Waals surface area contributed by atoms with E-state index in [4.69, 9.17) is 9.84 Å². The Balaban J connectivity index is 1.89. The molecular weight excluding hydrogens is 306 g/mol. The summed E-state index contributed by atoms with van der Waals surface area (Å²) < 4.78 is 5.42. The van der Waals surface area contributed by atoms with Crippen LogP contribution in [0, 0.1) is 11.8 Å². The normalized spacial score (nSPS) is 20.0. The third-order valence-electron chi connectivity index (χ3n) is 4.31. The number of rotatable bonds is 6. The van der Waals surface area contributed by atoms with Gasteiger partial charge in [-0.05, 0) is 18.1 Å². The van der Waals surface area contributed by atoms with Crippen LogP contribution in [-0.2, 0) is 9.59 Å². The summed E-state index contributed by atoms with van der Waals surface area (Å²) in [6.07, 6.45) is 0.397. The average Bonchev–Trinajstić information content (AvgIpc) is 3.41. The smallest absolute Gasteiger partial charge is 0.307 e. The molecule has 0 aliphatic heterocycles. The lowest BCUT2D eigenvalue weighted by molar-refractivity contribution is -0.140. The van der Waals surface area contributed by atoms with Crippen molar-refractivity contribution in [2.45, 2.75) is 12.5 Å². The predicted molar refractivity (Wildman–Crippen MR) is 88.7 cm³/mol. The van der Waals surface area contributed by atoms with Crippen LogP contribution in [0.25, 0.3) is 0 Å². The molecule has 1 aliphatic carbocycles.